The summed E-state index contributed by atoms with van der Waals surface area (Å²) in [5.41, 5.74) is -0.238. The normalized spacial score (nSPS) is 15.6. The molecule has 2 aromatic rings. The van der Waals surface area contributed by atoms with E-state index in [0.29, 0.717) is 11.9 Å². The zero-order valence-electron chi connectivity index (χ0n) is 12.6. The van der Waals surface area contributed by atoms with Gasteiger partial charge >= 0.3 is 0 Å². The molecule has 8 heteroatoms. The first-order valence-electron chi connectivity index (χ1n) is 7.42. The quantitative estimate of drug-likeness (QED) is 0.904. The van der Waals surface area contributed by atoms with Crippen molar-refractivity contribution in [1.29, 1.82) is 0 Å². The third-order valence-electron chi connectivity index (χ3n) is 3.88. The van der Waals surface area contributed by atoms with Crippen LogP contribution in [0.5, 0.6) is 0 Å². The number of halogens is 2. The molecule has 1 saturated heterocycles. The number of amides is 1. The summed E-state index contributed by atoms with van der Waals surface area (Å²) < 4.78 is 28.0. The minimum absolute atomic E-state index is 0.238. The molecule has 1 fully saturated rings. The topological polar surface area (TPSA) is 71.8 Å². The van der Waals surface area contributed by atoms with Gasteiger partial charge in [0.25, 0.3) is 5.91 Å². The number of nitrogens with zero attached hydrogens (tertiary/aromatic N) is 3. The van der Waals surface area contributed by atoms with Crippen molar-refractivity contribution in [3.05, 3.63) is 41.2 Å². The largest absolute Gasteiger partial charge is 0.317 e. The Bertz CT molecular complexity index is 725. The zero-order chi connectivity index (χ0) is 16.4. The minimum Gasteiger partial charge on any atom is -0.317 e. The lowest BCUT2D eigenvalue weighted by atomic mass is 9.98. The van der Waals surface area contributed by atoms with E-state index in [9.17, 15) is 13.6 Å². The van der Waals surface area contributed by atoms with Crippen LogP contribution in [0, 0.1) is 11.6 Å². The molecule has 0 radical (unpaired) electrons. The van der Waals surface area contributed by atoms with E-state index >= 15 is 0 Å². The number of benzene rings is 1. The summed E-state index contributed by atoms with van der Waals surface area (Å²) >= 11 is 0. The third kappa shape index (κ3) is 3.37. The smallest absolute Gasteiger partial charge is 0.260 e. The van der Waals surface area contributed by atoms with Gasteiger partial charge in [0.05, 0.1) is 5.56 Å². The highest BCUT2D eigenvalue weighted by atomic mass is 19.1. The Balaban J connectivity index is 1.77. The van der Waals surface area contributed by atoms with E-state index < -0.39 is 17.5 Å². The number of aromatic nitrogens is 3. The Kier molecular flexibility index (Phi) is 4.33. The lowest BCUT2D eigenvalue weighted by Crippen LogP contribution is -2.27. The Morgan fingerprint density at radius 2 is 2.09 bits per heavy atom. The number of carbonyl (C=O) groups excluding carboxylic acids is 1. The molecule has 0 aliphatic carbocycles. The van der Waals surface area contributed by atoms with Crippen LogP contribution in [0.2, 0.25) is 0 Å². The van der Waals surface area contributed by atoms with Crippen LogP contribution >= 0.6 is 0 Å². The van der Waals surface area contributed by atoms with Crippen LogP contribution in [0.25, 0.3) is 0 Å². The fraction of sp³-hybridized carbons (Fsp3) is 0.400. The molecule has 0 saturated carbocycles. The van der Waals surface area contributed by atoms with Crippen LogP contribution in [0.3, 0.4) is 0 Å². The van der Waals surface area contributed by atoms with Crippen LogP contribution in [0.1, 0.15) is 34.9 Å². The van der Waals surface area contributed by atoms with E-state index in [1.165, 1.54) is 4.68 Å². The molecule has 0 spiro atoms. The van der Waals surface area contributed by atoms with E-state index in [4.69, 9.17) is 0 Å². The van der Waals surface area contributed by atoms with Crippen LogP contribution in [-0.4, -0.2) is 33.8 Å². The van der Waals surface area contributed by atoms with Gasteiger partial charge in [0, 0.05) is 19.0 Å². The molecule has 122 valence electrons. The lowest BCUT2D eigenvalue weighted by molar-refractivity contribution is 0.102. The predicted molar refractivity (Wildman–Crippen MR) is 80.2 cm³/mol. The van der Waals surface area contributed by atoms with Crippen LogP contribution in [-0.2, 0) is 7.05 Å². The van der Waals surface area contributed by atoms with E-state index in [1.54, 1.807) is 7.05 Å². The van der Waals surface area contributed by atoms with Gasteiger partial charge in [-0.05, 0) is 38.1 Å². The molecule has 1 amide bonds. The first-order chi connectivity index (χ1) is 11.0. The summed E-state index contributed by atoms with van der Waals surface area (Å²) in [5, 5.41) is 10.1. The molecule has 1 aliphatic rings. The van der Waals surface area contributed by atoms with Crippen molar-refractivity contribution in [2.45, 2.75) is 18.8 Å². The van der Waals surface area contributed by atoms with E-state index in [2.05, 4.69) is 20.7 Å². The maximum absolute atomic E-state index is 13.6. The number of piperidine rings is 1. The number of hydrogen-bond acceptors (Lipinski definition) is 4. The average molecular weight is 321 g/mol. The van der Waals surface area contributed by atoms with Gasteiger partial charge in [0.1, 0.15) is 11.6 Å². The van der Waals surface area contributed by atoms with Crippen LogP contribution in [0.4, 0.5) is 14.7 Å². The van der Waals surface area contributed by atoms with Crippen LogP contribution < -0.4 is 10.6 Å². The van der Waals surface area contributed by atoms with Gasteiger partial charge in [-0.2, -0.15) is 10.1 Å². The highest BCUT2D eigenvalue weighted by molar-refractivity contribution is 6.03. The van der Waals surface area contributed by atoms with Gasteiger partial charge < -0.3 is 5.32 Å². The highest BCUT2D eigenvalue weighted by Gasteiger charge is 2.22. The molecule has 1 aliphatic heterocycles. The Hall–Kier alpha value is -2.35. The minimum atomic E-state index is -0.914. The third-order valence-corrected chi connectivity index (χ3v) is 3.88. The molecular weight excluding hydrogens is 304 g/mol. The van der Waals surface area contributed by atoms with Crippen molar-refractivity contribution >= 4 is 11.9 Å². The van der Waals surface area contributed by atoms with Gasteiger partial charge in [-0.3, -0.25) is 10.1 Å². The van der Waals surface area contributed by atoms with Crippen molar-refractivity contribution in [3.8, 4) is 0 Å². The highest BCUT2D eigenvalue weighted by Crippen LogP contribution is 2.23. The Morgan fingerprint density at radius 3 is 2.78 bits per heavy atom. The lowest BCUT2D eigenvalue weighted by Gasteiger charge is -2.19. The molecule has 0 bridgehead atoms. The Morgan fingerprint density at radius 1 is 1.35 bits per heavy atom. The van der Waals surface area contributed by atoms with Gasteiger partial charge in [-0.1, -0.05) is 0 Å². The second-order valence-corrected chi connectivity index (χ2v) is 5.52. The van der Waals surface area contributed by atoms with E-state index in [-0.39, 0.29) is 17.4 Å². The van der Waals surface area contributed by atoms with Crippen molar-refractivity contribution in [1.82, 2.24) is 20.1 Å². The van der Waals surface area contributed by atoms with Gasteiger partial charge in [-0.15, -0.1) is 0 Å². The first kappa shape index (κ1) is 15.5. The molecule has 1 aromatic heterocycles. The summed E-state index contributed by atoms with van der Waals surface area (Å²) in [6.07, 6.45) is 1.87. The zero-order valence-corrected chi connectivity index (χ0v) is 12.6. The van der Waals surface area contributed by atoms with Gasteiger partial charge in [0.15, 0.2) is 5.82 Å². The van der Waals surface area contributed by atoms with Crippen molar-refractivity contribution in [3.63, 3.8) is 0 Å². The van der Waals surface area contributed by atoms with E-state index in [0.717, 1.165) is 38.1 Å². The van der Waals surface area contributed by atoms with Crippen molar-refractivity contribution in [2.24, 2.45) is 7.05 Å². The number of aryl methyl sites for hydroxylation is 1. The monoisotopic (exact) mass is 321 g/mol. The van der Waals surface area contributed by atoms with Crippen molar-refractivity contribution < 1.29 is 13.6 Å². The summed E-state index contributed by atoms with van der Waals surface area (Å²) in [4.78, 5) is 16.5. The van der Waals surface area contributed by atoms with E-state index in [1.807, 2.05) is 0 Å². The maximum Gasteiger partial charge on any atom is 0.260 e. The molecule has 0 atom stereocenters. The second kappa shape index (κ2) is 6.41. The number of hydrogen-bond donors (Lipinski definition) is 2. The first-order valence-corrected chi connectivity index (χ1v) is 7.42. The molecule has 23 heavy (non-hydrogen) atoms. The molecule has 2 N–H and O–H groups in total. The standard InChI is InChI=1S/C15H17F2N5O/c1-22-15(19-13(21-22)9-4-6-18-7-5-9)20-14(23)11-3-2-10(16)8-12(11)17/h2-3,8-9,18H,4-7H2,1H3,(H,19,20,21,23). The fourth-order valence-corrected chi connectivity index (χ4v) is 2.61. The van der Waals surface area contributed by atoms with Gasteiger partial charge in [0.2, 0.25) is 5.95 Å². The molecule has 0 unspecified atom stereocenters. The number of nitrogens with one attached hydrogen (secondary N) is 2. The van der Waals surface area contributed by atoms with Crippen molar-refractivity contribution in [2.75, 3.05) is 18.4 Å². The number of anilines is 1. The average Bonchev–Trinajstić information content (AvgIpc) is 2.89. The molecule has 1 aromatic carbocycles. The maximum atomic E-state index is 13.6. The summed E-state index contributed by atoms with van der Waals surface area (Å²) in [7, 11) is 1.66. The second-order valence-electron chi connectivity index (χ2n) is 5.52. The summed E-state index contributed by atoms with van der Waals surface area (Å²) in [6, 6.07) is 2.81. The van der Waals surface area contributed by atoms with Crippen LogP contribution in [0.15, 0.2) is 18.2 Å². The molecule has 3 rings (SSSR count). The Labute approximate surface area is 131 Å². The summed E-state index contributed by atoms with van der Waals surface area (Å²) in [6.45, 7) is 1.82. The summed E-state index contributed by atoms with van der Waals surface area (Å²) in [5.74, 6) is -1.17. The molecule has 2 heterocycles. The molecular formula is C15H17F2N5O. The molecule has 6 nitrogen and oxygen atoms in total. The SMILES string of the molecule is Cn1nc(C2CCNCC2)nc1NC(=O)c1ccc(F)cc1F. The fourth-order valence-electron chi connectivity index (χ4n) is 2.61. The predicted octanol–water partition coefficient (Wildman–Crippen LogP) is 1.81. The number of rotatable bonds is 3. The number of carbonyl (C=O) groups is 1. The van der Waals surface area contributed by atoms with Gasteiger partial charge in [-0.25, -0.2) is 13.5 Å².